The van der Waals surface area contributed by atoms with Gasteiger partial charge in [-0.2, -0.15) is 0 Å². The summed E-state index contributed by atoms with van der Waals surface area (Å²) < 4.78 is 5.11. The Balaban J connectivity index is 3.04. The van der Waals surface area contributed by atoms with E-state index in [0.717, 1.165) is 0 Å². The van der Waals surface area contributed by atoms with Crippen LogP contribution in [0.25, 0.3) is 0 Å². The first-order valence-electron chi connectivity index (χ1n) is 3.29. The molecule has 1 heterocycles. The second-order valence-corrected chi connectivity index (χ2v) is 2.10. The summed E-state index contributed by atoms with van der Waals surface area (Å²) in [6.07, 6.45) is 1.85. The van der Waals surface area contributed by atoms with Crippen molar-refractivity contribution in [1.82, 2.24) is 0 Å². The lowest BCUT2D eigenvalue weighted by Crippen LogP contribution is -2.14. The molecular weight excluding hydrogens is 142 g/mol. The molecular formula is C8H9NO2. The summed E-state index contributed by atoms with van der Waals surface area (Å²) in [6.45, 7) is 7.19. The van der Waals surface area contributed by atoms with Crippen LogP contribution in [0.2, 0.25) is 0 Å². The highest BCUT2D eigenvalue weighted by atomic mass is 16.5. The molecule has 1 aliphatic heterocycles. The van der Waals surface area contributed by atoms with Gasteiger partial charge < -0.3 is 4.74 Å². The van der Waals surface area contributed by atoms with E-state index in [1.807, 2.05) is 0 Å². The Labute approximate surface area is 65.1 Å². The van der Waals surface area contributed by atoms with Crippen molar-refractivity contribution in [3.63, 3.8) is 0 Å². The summed E-state index contributed by atoms with van der Waals surface area (Å²) in [5.41, 5.74) is 0.297. The molecule has 1 rings (SSSR count). The Morgan fingerprint density at radius 3 is 2.82 bits per heavy atom. The minimum Gasteiger partial charge on any atom is -0.491 e. The lowest BCUT2D eigenvalue weighted by molar-refractivity contribution is -0.117. The molecule has 1 aliphatic rings. The third-order valence-corrected chi connectivity index (χ3v) is 1.43. The molecule has 0 bridgehead atoms. The maximum atomic E-state index is 11.1. The van der Waals surface area contributed by atoms with E-state index < -0.39 is 0 Å². The Bertz CT molecular complexity index is 240. The van der Waals surface area contributed by atoms with E-state index in [2.05, 4.69) is 18.3 Å². The molecule has 3 heteroatoms. The molecule has 0 atom stereocenters. The van der Waals surface area contributed by atoms with Crippen LogP contribution < -0.4 is 0 Å². The first-order chi connectivity index (χ1) is 5.29. The molecule has 0 amide bonds. The van der Waals surface area contributed by atoms with Crippen molar-refractivity contribution in [1.29, 1.82) is 0 Å². The van der Waals surface area contributed by atoms with Crippen molar-refractivity contribution in [3.05, 3.63) is 24.1 Å². The number of carbonyl (C=O) groups is 1. The number of aliphatic imine (C=N–C) groups is 1. The normalized spacial score (nSPS) is 17.6. The van der Waals surface area contributed by atoms with E-state index >= 15 is 0 Å². The number of Topliss-reactive ketones (excluding diaryl/α,β-unsaturated/α-hetero) is 1. The van der Waals surface area contributed by atoms with E-state index in [-0.39, 0.29) is 5.78 Å². The molecule has 0 aliphatic carbocycles. The van der Waals surface area contributed by atoms with E-state index in [0.29, 0.717) is 24.5 Å². The highest BCUT2D eigenvalue weighted by molar-refractivity contribution is 5.97. The van der Waals surface area contributed by atoms with Crippen molar-refractivity contribution in [3.8, 4) is 0 Å². The van der Waals surface area contributed by atoms with Gasteiger partial charge in [0.2, 0.25) is 0 Å². The molecule has 3 nitrogen and oxygen atoms in total. The van der Waals surface area contributed by atoms with Crippen LogP contribution in [0, 0.1) is 0 Å². The lowest BCUT2D eigenvalue weighted by Gasteiger charge is -2.14. The van der Waals surface area contributed by atoms with Crippen molar-refractivity contribution < 1.29 is 9.53 Å². The van der Waals surface area contributed by atoms with Gasteiger partial charge in [0.25, 0.3) is 0 Å². The van der Waals surface area contributed by atoms with Gasteiger partial charge in [-0.1, -0.05) is 6.58 Å². The molecule has 0 aromatic heterocycles. The average Bonchev–Trinajstić information content (AvgIpc) is 2.04. The summed E-state index contributed by atoms with van der Waals surface area (Å²) in [5, 5.41) is 0. The molecule has 0 aromatic rings. The molecule has 0 unspecified atom stereocenters. The topological polar surface area (TPSA) is 38.7 Å². The maximum absolute atomic E-state index is 11.1. The first kappa shape index (κ1) is 7.72. The maximum Gasteiger partial charge on any atom is 0.188 e. The lowest BCUT2D eigenvalue weighted by atomic mass is 10.1. The zero-order valence-electron chi connectivity index (χ0n) is 6.17. The summed E-state index contributed by atoms with van der Waals surface area (Å²) in [7, 11) is 0. The Morgan fingerprint density at radius 2 is 2.36 bits per heavy atom. The fourth-order valence-corrected chi connectivity index (χ4v) is 0.900. The molecule has 0 fully saturated rings. The van der Waals surface area contributed by atoms with E-state index in [9.17, 15) is 4.79 Å². The third-order valence-electron chi connectivity index (χ3n) is 1.43. The van der Waals surface area contributed by atoms with Gasteiger partial charge in [-0.25, -0.2) is 0 Å². The SMILES string of the molecule is C=CC1=C(N=C)C(=O)CCO1. The number of rotatable bonds is 2. The highest BCUT2D eigenvalue weighted by Gasteiger charge is 2.18. The van der Waals surface area contributed by atoms with E-state index in [1.165, 1.54) is 6.08 Å². The minimum atomic E-state index is -0.0267. The number of nitrogens with zero attached hydrogens (tertiary/aromatic N) is 1. The van der Waals surface area contributed by atoms with Gasteiger partial charge >= 0.3 is 0 Å². The molecule has 0 saturated heterocycles. The van der Waals surface area contributed by atoms with Gasteiger partial charge in [0, 0.05) is 6.42 Å². The molecule has 0 spiro atoms. The molecule has 0 radical (unpaired) electrons. The third kappa shape index (κ3) is 1.37. The standard InChI is InChI=1S/C8H9NO2/c1-3-7-8(9-2)6(10)4-5-11-7/h3H,1-2,4-5H2. The second kappa shape index (κ2) is 3.14. The smallest absolute Gasteiger partial charge is 0.188 e. The Hall–Kier alpha value is -1.38. The quantitative estimate of drug-likeness (QED) is 0.554. The highest BCUT2D eigenvalue weighted by Crippen LogP contribution is 2.16. The number of ketones is 1. The van der Waals surface area contributed by atoms with E-state index in [1.54, 1.807) is 0 Å². The minimum absolute atomic E-state index is 0.0267. The molecule has 0 aromatic carbocycles. The monoisotopic (exact) mass is 151 g/mol. The van der Waals surface area contributed by atoms with E-state index in [4.69, 9.17) is 4.74 Å². The summed E-state index contributed by atoms with van der Waals surface area (Å²) >= 11 is 0. The van der Waals surface area contributed by atoms with Crippen LogP contribution in [0.4, 0.5) is 0 Å². The molecule has 0 saturated carbocycles. The second-order valence-electron chi connectivity index (χ2n) is 2.10. The number of hydrogen-bond acceptors (Lipinski definition) is 3. The summed E-state index contributed by atoms with van der Waals surface area (Å²) in [4.78, 5) is 14.6. The van der Waals surface area contributed by atoms with Crippen molar-refractivity contribution >= 4 is 12.5 Å². The Kier molecular flexibility index (Phi) is 2.21. The van der Waals surface area contributed by atoms with Crippen LogP contribution in [-0.4, -0.2) is 19.1 Å². The van der Waals surface area contributed by atoms with Gasteiger partial charge in [0.15, 0.2) is 5.78 Å². The number of carbonyl (C=O) groups excluding carboxylic acids is 1. The predicted molar refractivity (Wildman–Crippen MR) is 42.3 cm³/mol. The largest absolute Gasteiger partial charge is 0.491 e. The van der Waals surface area contributed by atoms with Crippen molar-refractivity contribution in [2.45, 2.75) is 6.42 Å². The van der Waals surface area contributed by atoms with Crippen molar-refractivity contribution in [2.24, 2.45) is 4.99 Å². The predicted octanol–water partition coefficient (Wildman–Crippen LogP) is 1.07. The zero-order valence-corrected chi connectivity index (χ0v) is 6.17. The molecule has 11 heavy (non-hydrogen) atoms. The van der Waals surface area contributed by atoms with Crippen molar-refractivity contribution in [2.75, 3.05) is 6.61 Å². The van der Waals surface area contributed by atoms with Gasteiger partial charge in [-0.15, -0.1) is 0 Å². The number of ether oxygens (including phenoxy) is 1. The van der Waals surface area contributed by atoms with Crippen LogP contribution in [0.15, 0.2) is 29.1 Å². The fourth-order valence-electron chi connectivity index (χ4n) is 0.900. The fraction of sp³-hybridized carbons (Fsp3) is 0.250. The zero-order chi connectivity index (χ0) is 8.27. The molecule has 58 valence electrons. The first-order valence-corrected chi connectivity index (χ1v) is 3.29. The number of allylic oxidation sites excluding steroid dienone is 2. The van der Waals surface area contributed by atoms with Crippen LogP contribution in [0.5, 0.6) is 0 Å². The van der Waals surface area contributed by atoms with Gasteiger partial charge in [-0.3, -0.25) is 9.79 Å². The van der Waals surface area contributed by atoms with Gasteiger partial charge in [0.05, 0.1) is 6.61 Å². The van der Waals surface area contributed by atoms with Gasteiger partial charge in [0.1, 0.15) is 11.5 Å². The van der Waals surface area contributed by atoms with Crippen LogP contribution >= 0.6 is 0 Å². The summed E-state index contributed by atoms with van der Waals surface area (Å²) in [5.74, 6) is 0.414. The Morgan fingerprint density at radius 1 is 1.64 bits per heavy atom. The van der Waals surface area contributed by atoms with Crippen LogP contribution in [0.1, 0.15) is 6.42 Å². The van der Waals surface area contributed by atoms with Crippen LogP contribution in [-0.2, 0) is 9.53 Å². The number of hydrogen-bond donors (Lipinski definition) is 0. The average molecular weight is 151 g/mol. The summed E-state index contributed by atoms with van der Waals surface area (Å²) in [6, 6.07) is 0. The van der Waals surface area contributed by atoms with Gasteiger partial charge in [-0.05, 0) is 12.8 Å². The van der Waals surface area contributed by atoms with Crippen LogP contribution in [0.3, 0.4) is 0 Å². The molecule has 0 N–H and O–H groups in total.